The predicted octanol–water partition coefficient (Wildman–Crippen LogP) is 3.36. The Morgan fingerprint density at radius 2 is 1.74 bits per heavy atom. The summed E-state index contributed by atoms with van der Waals surface area (Å²) in [6.07, 6.45) is -0.0349. The van der Waals surface area contributed by atoms with Gasteiger partial charge < -0.3 is 4.74 Å². The third-order valence-electron chi connectivity index (χ3n) is 4.48. The minimum atomic E-state index is -4.28. The Morgan fingerprint density at radius 1 is 1.00 bits per heavy atom. The van der Waals surface area contributed by atoms with E-state index in [1.165, 1.54) is 0 Å². The van der Waals surface area contributed by atoms with E-state index in [0.717, 1.165) is 33.4 Å². The molecule has 1 aromatic heterocycles. The minimum Gasteiger partial charge on any atom is -0.473 e. The van der Waals surface area contributed by atoms with Crippen LogP contribution in [0.3, 0.4) is 0 Å². The Balaban J connectivity index is 1.52. The molecule has 8 heteroatoms. The molecule has 27 heavy (non-hydrogen) atoms. The van der Waals surface area contributed by atoms with Gasteiger partial charge in [0.2, 0.25) is 15.9 Å². The first-order valence-electron chi connectivity index (χ1n) is 8.42. The molecule has 5 nitrogen and oxygen atoms in total. The molecule has 0 unspecified atom stereocenters. The average molecular weight is 390 g/mol. The number of hydrogen-bond acceptors (Lipinski definition) is 4. The first-order valence-corrected chi connectivity index (χ1v) is 9.86. The summed E-state index contributed by atoms with van der Waals surface area (Å²) in [6.45, 7) is 0.124. The molecule has 0 saturated carbocycles. The van der Waals surface area contributed by atoms with Crippen molar-refractivity contribution in [2.24, 2.45) is 0 Å². The molecule has 1 fully saturated rings. The van der Waals surface area contributed by atoms with Gasteiger partial charge in [-0.3, -0.25) is 0 Å². The van der Waals surface area contributed by atoms with Crippen molar-refractivity contribution in [1.29, 1.82) is 0 Å². The number of para-hydroxylation sites is 1. The van der Waals surface area contributed by atoms with Crippen LogP contribution in [0.4, 0.5) is 8.78 Å². The Kier molecular flexibility index (Phi) is 4.53. The van der Waals surface area contributed by atoms with Gasteiger partial charge in [-0.15, -0.1) is 0 Å². The number of nitrogens with zero attached hydrogens (tertiary/aromatic N) is 2. The molecule has 0 spiro atoms. The van der Waals surface area contributed by atoms with Crippen LogP contribution in [0.15, 0.2) is 59.5 Å². The minimum absolute atomic E-state index is 0.00458. The van der Waals surface area contributed by atoms with Crippen molar-refractivity contribution in [2.45, 2.75) is 17.4 Å². The van der Waals surface area contributed by atoms with Crippen LogP contribution in [-0.2, 0) is 10.0 Å². The molecule has 2 heterocycles. The van der Waals surface area contributed by atoms with Gasteiger partial charge >= 0.3 is 0 Å². The molecule has 4 rings (SSSR count). The lowest BCUT2D eigenvalue weighted by atomic mass is 10.2. The quantitative estimate of drug-likeness (QED) is 0.686. The fourth-order valence-electron chi connectivity index (χ4n) is 3.15. The summed E-state index contributed by atoms with van der Waals surface area (Å²) in [7, 11) is -4.28. The van der Waals surface area contributed by atoms with E-state index in [4.69, 9.17) is 4.74 Å². The highest BCUT2D eigenvalue weighted by Crippen LogP contribution is 2.27. The third kappa shape index (κ3) is 3.38. The van der Waals surface area contributed by atoms with Gasteiger partial charge in [-0.1, -0.05) is 24.3 Å². The van der Waals surface area contributed by atoms with Crippen LogP contribution in [0.25, 0.3) is 10.9 Å². The fraction of sp³-hybridized carbons (Fsp3) is 0.211. The molecule has 1 aliphatic heterocycles. The van der Waals surface area contributed by atoms with Crippen LogP contribution in [0, 0.1) is 11.6 Å². The smallest absolute Gasteiger partial charge is 0.249 e. The van der Waals surface area contributed by atoms with Crippen molar-refractivity contribution in [3.63, 3.8) is 0 Å². The van der Waals surface area contributed by atoms with E-state index in [9.17, 15) is 17.2 Å². The largest absolute Gasteiger partial charge is 0.473 e. The number of hydrogen-bond donors (Lipinski definition) is 0. The zero-order chi connectivity index (χ0) is 19.0. The lowest BCUT2D eigenvalue weighted by molar-refractivity contribution is 0.207. The van der Waals surface area contributed by atoms with E-state index in [1.54, 1.807) is 6.07 Å². The molecule has 0 bridgehead atoms. The van der Waals surface area contributed by atoms with Crippen LogP contribution in [-0.4, -0.2) is 36.9 Å². The number of pyridine rings is 1. The summed E-state index contributed by atoms with van der Waals surface area (Å²) in [4.78, 5) is 3.48. The Morgan fingerprint density at radius 3 is 2.52 bits per heavy atom. The highest BCUT2D eigenvalue weighted by molar-refractivity contribution is 7.89. The first kappa shape index (κ1) is 17.8. The molecular weight excluding hydrogens is 374 g/mol. The number of fused-ring (bicyclic) bond motifs is 1. The van der Waals surface area contributed by atoms with E-state index in [-0.39, 0.29) is 13.1 Å². The molecular formula is C19H16F2N2O3S. The van der Waals surface area contributed by atoms with Crippen LogP contribution >= 0.6 is 0 Å². The number of sulfonamides is 1. The van der Waals surface area contributed by atoms with Gasteiger partial charge in [0.1, 0.15) is 17.7 Å². The van der Waals surface area contributed by atoms with Gasteiger partial charge in [0.25, 0.3) is 0 Å². The van der Waals surface area contributed by atoms with Gasteiger partial charge in [0, 0.05) is 18.0 Å². The summed E-state index contributed by atoms with van der Waals surface area (Å²) in [5.74, 6) is -1.82. The van der Waals surface area contributed by atoms with Gasteiger partial charge in [0.05, 0.1) is 12.1 Å². The van der Waals surface area contributed by atoms with Crippen LogP contribution in [0.2, 0.25) is 0 Å². The number of ether oxygens (including phenoxy) is 1. The van der Waals surface area contributed by atoms with Crippen molar-refractivity contribution in [3.05, 3.63) is 66.2 Å². The standard InChI is InChI=1S/C19H16F2N2O3S/c20-15-5-3-6-16(21)19(15)27(24,25)23-11-10-14(12-23)26-18-9-8-13-4-1-2-7-17(13)22-18/h1-9,14H,10-12H2/t14-/m1/s1. The predicted molar refractivity (Wildman–Crippen MR) is 95.9 cm³/mol. The zero-order valence-corrected chi connectivity index (χ0v) is 15.0. The molecule has 0 N–H and O–H groups in total. The topological polar surface area (TPSA) is 59.5 Å². The maximum absolute atomic E-state index is 13.9. The molecule has 1 atom stereocenters. The molecule has 3 aromatic rings. The zero-order valence-electron chi connectivity index (χ0n) is 14.2. The van der Waals surface area contributed by atoms with Crippen molar-refractivity contribution in [2.75, 3.05) is 13.1 Å². The summed E-state index contributed by atoms with van der Waals surface area (Å²) in [5.41, 5.74) is 0.769. The lowest BCUT2D eigenvalue weighted by Gasteiger charge is -2.18. The first-order chi connectivity index (χ1) is 12.9. The highest BCUT2D eigenvalue weighted by atomic mass is 32.2. The fourth-order valence-corrected chi connectivity index (χ4v) is 4.75. The second-order valence-electron chi connectivity index (χ2n) is 6.28. The van der Waals surface area contributed by atoms with E-state index in [2.05, 4.69) is 4.98 Å². The monoisotopic (exact) mass is 390 g/mol. The lowest BCUT2D eigenvalue weighted by Crippen LogP contribution is -2.32. The van der Waals surface area contributed by atoms with Gasteiger partial charge in [-0.05, 0) is 30.7 Å². The molecule has 2 aromatic carbocycles. The van der Waals surface area contributed by atoms with Crippen LogP contribution in [0.5, 0.6) is 5.88 Å². The summed E-state index contributed by atoms with van der Waals surface area (Å²) in [5, 5.41) is 0.968. The van der Waals surface area contributed by atoms with Crippen molar-refractivity contribution in [1.82, 2.24) is 9.29 Å². The van der Waals surface area contributed by atoms with E-state index >= 15 is 0 Å². The summed E-state index contributed by atoms with van der Waals surface area (Å²) >= 11 is 0. The average Bonchev–Trinajstić information content (AvgIpc) is 3.11. The molecule has 0 aliphatic carbocycles. The van der Waals surface area contributed by atoms with Crippen molar-refractivity contribution in [3.8, 4) is 5.88 Å². The Hall–Kier alpha value is -2.58. The van der Waals surface area contributed by atoms with Gasteiger partial charge in [-0.25, -0.2) is 22.2 Å². The van der Waals surface area contributed by atoms with E-state index < -0.39 is 32.7 Å². The normalized spacial score (nSPS) is 18.1. The summed E-state index contributed by atoms with van der Waals surface area (Å²) < 4.78 is 59.9. The van der Waals surface area contributed by atoms with E-state index in [1.807, 2.05) is 30.3 Å². The Bertz CT molecular complexity index is 1080. The SMILES string of the molecule is O=S(=O)(c1c(F)cccc1F)N1CC[C@@H](Oc2ccc3ccccc3n2)C1. The third-order valence-corrected chi connectivity index (χ3v) is 6.40. The van der Waals surface area contributed by atoms with Crippen molar-refractivity contribution >= 4 is 20.9 Å². The second-order valence-corrected chi connectivity index (χ2v) is 8.16. The van der Waals surface area contributed by atoms with Crippen molar-refractivity contribution < 1.29 is 21.9 Å². The second kappa shape index (κ2) is 6.86. The van der Waals surface area contributed by atoms with Crippen LogP contribution in [0.1, 0.15) is 6.42 Å². The summed E-state index contributed by atoms with van der Waals surface area (Å²) in [6, 6.07) is 14.1. The molecule has 1 aliphatic rings. The molecule has 1 saturated heterocycles. The Labute approximate surface area is 155 Å². The number of rotatable bonds is 4. The van der Waals surface area contributed by atoms with Gasteiger partial charge in [0.15, 0.2) is 4.90 Å². The molecule has 0 amide bonds. The van der Waals surface area contributed by atoms with E-state index in [0.29, 0.717) is 12.3 Å². The maximum atomic E-state index is 13.9. The highest BCUT2D eigenvalue weighted by Gasteiger charge is 2.37. The van der Waals surface area contributed by atoms with Crippen LogP contribution < -0.4 is 4.74 Å². The van der Waals surface area contributed by atoms with Gasteiger partial charge in [-0.2, -0.15) is 4.31 Å². The molecule has 0 radical (unpaired) electrons. The maximum Gasteiger partial charge on any atom is 0.249 e. The number of benzene rings is 2. The number of halogens is 2. The number of aromatic nitrogens is 1. The molecule has 140 valence electrons.